The van der Waals surface area contributed by atoms with Crippen LogP contribution in [0.3, 0.4) is 0 Å². The summed E-state index contributed by atoms with van der Waals surface area (Å²) in [5.74, 6) is 0. The number of allylic oxidation sites excluding steroid dienone is 8. The molecule has 0 bridgehead atoms. The van der Waals surface area contributed by atoms with E-state index in [4.69, 9.17) is 0 Å². The molecule has 0 N–H and O–H groups in total. The third-order valence-corrected chi connectivity index (χ3v) is 2.86. The molecule has 0 amide bonds. The van der Waals surface area contributed by atoms with Crippen molar-refractivity contribution in [2.75, 3.05) is 0 Å². The maximum atomic E-state index is 3.72. The van der Waals surface area contributed by atoms with Crippen LogP contribution in [0.2, 0.25) is 0 Å². The summed E-state index contributed by atoms with van der Waals surface area (Å²) in [4.78, 5) is 0. The van der Waals surface area contributed by atoms with Crippen LogP contribution < -0.4 is 0 Å². The van der Waals surface area contributed by atoms with Gasteiger partial charge >= 0.3 is 25.8 Å². The maximum absolute atomic E-state index is 3.72. The molecule has 0 radical (unpaired) electrons. The number of rotatable bonds is 0. The van der Waals surface area contributed by atoms with Gasteiger partial charge in [-0.2, -0.15) is 61.4 Å². The van der Waals surface area contributed by atoms with Crippen molar-refractivity contribution in [2.45, 2.75) is 12.8 Å². The average molecular weight is 491 g/mol. The zero-order chi connectivity index (χ0) is 17.3. The van der Waals surface area contributed by atoms with Crippen molar-refractivity contribution in [1.82, 2.24) is 0 Å². The van der Waals surface area contributed by atoms with Crippen molar-refractivity contribution in [2.24, 2.45) is 0 Å². The molecule has 0 nitrogen and oxygen atoms in total. The Morgan fingerprint density at radius 1 is 0.600 bits per heavy atom. The number of hydrogen-bond donors (Lipinski definition) is 0. The van der Waals surface area contributed by atoms with Gasteiger partial charge in [-0.3, -0.25) is 12.2 Å². The molecule has 0 heterocycles. The van der Waals surface area contributed by atoms with Gasteiger partial charge in [-0.05, 0) is 0 Å². The van der Waals surface area contributed by atoms with Crippen LogP contribution in [0.25, 0.3) is 0 Å². The van der Waals surface area contributed by atoms with Crippen LogP contribution in [0.1, 0.15) is 24.0 Å². The molecule has 2 aromatic rings. The van der Waals surface area contributed by atoms with E-state index in [1.807, 2.05) is 85.0 Å². The van der Waals surface area contributed by atoms with E-state index in [1.165, 1.54) is 0 Å². The van der Waals surface area contributed by atoms with Gasteiger partial charge in [0.1, 0.15) is 0 Å². The minimum atomic E-state index is 0. The molecule has 2 aliphatic rings. The summed E-state index contributed by atoms with van der Waals surface area (Å²) < 4.78 is 0. The normalized spacial score (nSPS) is 11.8. The molecule has 2 aromatic carbocycles. The first-order valence-electron chi connectivity index (χ1n) is 7.96. The first kappa shape index (κ1) is 23.0. The van der Waals surface area contributed by atoms with Gasteiger partial charge in [0.25, 0.3) is 0 Å². The summed E-state index contributed by atoms with van der Waals surface area (Å²) in [7, 11) is 0. The van der Waals surface area contributed by atoms with Gasteiger partial charge in [-0.25, -0.2) is 24.3 Å². The second-order valence-electron chi connectivity index (χ2n) is 4.98. The Balaban J connectivity index is 0.000000307. The topological polar surface area (TPSA) is 0 Å². The van der Waals surface area contributed by atoms with Gasteiger partial charge in [0.15, 0.2) is 0 Å². The molecule has 1 heteroatoms. The fourth-order valence-corrected chi connectivity index (χ4v) is 1.64. The molecular weight excluding hydrogens is 467 g/mol. The van der Waals surface area contributed by atoms with Gasteiger partial charge < -0.3 is 0 Å². The van der Waals surface area contributed by atoms with E-state index in [9.17, 15) is 0 Å². The van der Waals surface area contributed by atoms with Gasteiger partial charge in [0, 0.05) is 0 Å². The molecule has 0 aliphatic heterocycles. The van der Waals surface area contributed by atoms with E-state index >= 15 is 0 Å². The fourth-order valence-electron chi connectivity index (χ4n) is 1.64. The fraction of sp³-hybridized carbons (Fsp3) is 0.0833. The third kappa shape index (κ3) is 15.3. The Labute approximate surface area is 172 Å². The minimum absolute atomic E-state index is 0. The average Bonchev–Trinajstić information content (AvgIpc) is 3.36. The molecule has 0 atom stereocenters. The van der Waals surface area contributed by atoms with Gasteiger partial charge in [-0.1, -0.05) is 12.1 Å². The van der Waals surface area contributed by atoms with Crippen molar-refractivity contribution >= 4 is 0 Å². The third-order valence-electron chi connectivity index (χ3n) is 2.86. The monoisotopic (exact) mass is 492 g/mol. The molecule has 124 valence electrons. The van der Waals surface area contributed by atoms with Crippen LogP contribution in [0, 0.1) is 26.0 Å². The zero-order valence-corrected chi connectivity index (χ0v) is 18.2. The predicted molar refractivity (Wildman–Crippen MR) is 105 cm³/mol. The van der Waals surface area contributed by atoms with Crippen molar-refractivity contribution in [3.63, 3.8) is 0 Å². The first-order chi connectivity index (χ1) is 11.8. The Bertz CT molecular complexity index is 555. The van der Waals surface area contributed by atoms with E-state index in [0.29, 0.717) is 0 Å². The van der Waals surface area contributed by atoms with Crippen LogP contribution in [-0.2, 0) is 25.8 Å². The minimum Gasteiger partial charge on any atom is -0.273 e. The van der Waals surface area contributed by atoms with E-state index < -0.39 is 0 Å². The van der Waals surface area contributed by atoms with Crippen LogP contribution in [0.15, 0.2) is 97.1 Å². The smallest absolute Gasteiger partial charge is 0.273 e. The van der Waals surface area contributed by atoms with Gasteiger partial charge in [0.05, 0.1) is 0 Å². The quantitative estimate of drug-likeness (QED) is 0.298. The molecule has 0 aromatic heterocycles. The van der Waals surface area contributed by atoms with E-state index in [0.717, 1.165) is 24.0 Å². The summed E-state index contributed by atoms with van der Waals surface area (Å²) in [6.45, 7) is 7.44. The van der Waals surface area contributed by atoms with Gasteiger partial charge in [0.2, 0.25) is 0 Å². The van der Waals surface area contributed by atoms with Crippen molar-refractivity contribution < 1.29 is 25.8 Å². The van der Waals surface area contributed by atoms with Gasteiger partial charge in [-0.15, -0.1) is 37.1 Å². The van der Waals surface area contributed by atoms with Crippen molar-refractivity contribution in [3.05, 3.63) is 134 Å². The second-order valence-corrected chi connectivity index (χ2v) is 4.98. The summed E-state index contributed by atoms with van der Waals surface area (Å²) in [5.41, 5.74) is 2.14. The SMILES string of the molecule is [C-]1=CC=CC1.[C-]1=CC=CC1.[CH2-]c1ccccc1.[CH2-]c1ccccc1.[Hf+4]. The Hall–Kier alpha value is -1.99. The molecule has 0 unspecified atom stereocenters. The zero-order valence-electron chi connectivity index (χ0n) is 14.6. The first-order valence-corrected chi connectivity index (χ1v) is 7.96. The predicted octanol–water partition coefficient (Wildman–Crippen LogP) is 6.35. The maximum Gasteiger partial charge on any atom is 4.00 e. The molecule has 4 rings (SSSR count). The van der Waals surface area contributed by atoms with Crippen LogP contribution in [0.5, 0.6) is 0 Å². The number of hydrogen-bond acceptors (Lipinski definition) is 0. The summed E-state index contributed by atoms with van der Waals surface area (Å²) in [5, 5.41) is 0. The molecule has 0 spiro atoms. The Morgan fingerprint density at radius 2 is 0.960 bits per heavy atom. The molecule has 0 saturated heterocycles. The molecule has 25 heavy (non-hydrogen) atoms. The largest absolute Gasteiger partial charge is 4.00 e. The molecule has 0 saturated carbocycles. The van der Waals surface area contributed by atoms with Crippen LogP contribution >= 0.6 is 0 Å². The van der Waals surface area contributed by atoms with Crippen molar-refractivity contribution in [1.29, 1.82) is 0 Å². The van der Waals surface area contributed by atoms with Crippen molar-refractivity contribution in [3.8, 4) is 0 Å². The second kappa shape index (κ2) is 16.9. The van der Waals surface area contributed by atoms with E-state index in [2.05, 4.69) is 38.2 Å². The molecule has 0 fully saturated rings. The summed E-state index contributed by atoms with van der Waals surface area (Å²) >= 11 is 0. The van der Waals surface area contributed by atoms with E-state index in [1.54, 1.807) is 0 Å². The standard InChI is InChI=1S/2C7H7.2C5H5.Hf/c2*1-7-5-3-2-4-6-7;2*1-2-4-5-3-1;/h2*2-6H,1H2;2*1-3H,4H2;/q4*-1;+4. The summed E-state index contributed by atoms with van der Waals surface area (Å²) in [6.07, 6.45) is 20.0. The van der Waals surface area contributed by atoms with Crippen LogP contribution in [0.4, 0.5) is 0 Å². The van der Waals surface area contributed by atoms with E-state index in [-0.39, 0.29) is 25.8 Å². The molecular formula is C24H24Hf. The Morgan fingerprint density at radius 3 is 1.08 bits per heavy atom. The number of benzene rings is 2. The molecule has 2 aliphatic carbocycles. The summed E-state index contributed by atoms with van der Waals surface area (Å²) in [6, 6.07) is 19.7. The van der Waals surface area contributed by atoms with Crippen LogP contribution in [-0.4, -0.2) is 0 Å². The Kier molecular flexibility index (Phi) is 15.5.